The summed E-state index contributed by atoms with van der Waals surface area (Å²) in [6.07, 6.45) is 8.04. The van der Waals surface area contributed by atoms with Crippen molar-refractivity contribution >= 4 is 52.8 Å². The van der Waals surface area contributed by atoms with Gasteiger partial charge in [-0.3, -0.25) is 27.1 Å². The maximum absolute atomic E-state index is 12.3. The number of carbonyl (C=O) groups is 3. The first-order chi connectivity index (χ1) is 31.0. The predicted molar refractivity (Wildman–Crippen MR) is 231 cm³/mol. The molecule has 0 aliphatic rings. The molecule has 7 N–H and O–H groups in total. The van der Waals surface area contributed by atoms with E-state index in [-0.39, 0.29) is 164 Å². The van der Waals surface area contributed by atoms with Crippen LogP contribution in [0.2, 0.25) is 0 Å². The maximum Gasteiger partial charge on any atom is 0.475 e. The van der Waals surface area contributed by atoms with Crippen molar-refractivity contribution in [3.63, 3.8) is 0 Å². The van der Waals surface area contributed by atoms with Gasteiger partial charge in [-0.25, -0.2) is 23.5 Å². The Bertz CT molecular complexity index is 1350. The van der Waals surface area contributed by atoms with Crippen LogP contribution in [0.25, 0.3) is 5.73 Å². The number of nitrogens with two attached hydrogens (primary N) is 1. The third-order valence-corrected chi connectivity index (χ3v) is 10.3. The number of methoxy groups -OCH3 is 3. The van der Waals surface area contributed by atoms with E-state index in [1.54, 1.807) is 7.11 Å². The van der Waals surface area contributed by atoms with E-state index in [0.717, 1.165) is 0 Å². The fourth-order valence-electron chi connectivity index (χ4n) is 3.53. The average molecular weight is 1370 g/mol. The first kappa shape index (κ1) is 82.1. The molecule has 3 amide bonds. The Morgan fingerprint density at radius 2 is 0.928 bits per heavy atom. The molecule has 2 unspecified atom stereocenters. The fourth-order valence-corrected chi connectivity index (χ4v) is 5.86. The minimum absolute atomic E-state index is 0. The van der Waals surface area contributed by atoms with E-state index in [9.17, 15) is 37.9 Å². The smallest absolute Gasteiger partial charge is 0.475 e. The zero-order valence-corrected chi connectivity index (χ0v) is 49.7. The molecule has 0 aliphatic heterocycles. The van der Waals surface area contributed by atoms with Crippen LogP contribution in [0.1, 0.15) is 40.0 Å². The number of carbonyl (C=O) groups excluding carboxylic acids is 6. The number of aliphatic hydroxyl groups is 1. The third kappa shape index (κ3) is 46.6. The molecule has 0 rings (SSSR count). The summed E-state index contributed by atoms with van der Waals surface area (Å²) in [5.41, 5.74) is 12.3. The molecule has 0 aromatic carbocycles. The van der Waals surface area contributed by atoms with Gasteiger partial charge in [-0.05, 0) is 20.8 Å². The van der Waals surface area contributed by atoms with Gasteiger partial charge in [-0.1, -0.05) is 12.2 Å². The number of esters is 3. The van der Waals surface area contributed by atoms with E-state index in [1.807, 2.05) is 26.1 Å². The fraction of sp³-hybridized carbons (Fsp3) is 0.730. The number of ether oxygens (including phenoxy) is 6. The summed E-state index contributed by atoms with van der Waals surface area (Å²) in [5, 5.41) is 14.9. The average Bonchev–Trinajstić information content (AvgIpc) is 3.30. The normalized spacial score (nSPS) is 14.4. The Morgan fingerprint density at radius 3 is 1.20 bits per heavy atom. The largest absolute Gasteiger partial charge is 0.676 e. The van der Waals surface area contributed by atoms with Gasteiger partial charge in [-0.15, -0.1) is 19.7 Å². The van der Waals surface area contributed by atoms with Crippen LogP contribution in [0.4, 0.5) is 0 Å². The zero-order chi connectivity index (χ0) is 49.9. The third-order valence-electron chi connectivity index (χ3n) is 7.47. The molecule has 0 saturated carbocycles. The molecule has 8 atom stereocenters. The Labute approximate surface area is 464 Å². The minimum Gasteiger partial charge on any atom is -0.676 e. The van der Waals surface area contributed by atoms with Crippen LogP contribution >= 0.6 is 15.6 Å². The van der Waals surface area contributed by atoms with Crippen molar-refractivity contribution in [1.29, 1.82) is 0 Å². The predicted octanol–water partition coefficient (Wildman–Crippen LogP) is 0.624. The van der Waals surface area contributed by atoms with Crippen LogP contribution in [0.3, 0.4) is 0 Å². The molecule has 0 heterocycles. The van der Waals surface area contributed by atoms with Crippen molar-refractivity contribution in [2.45, 2.75) is 76.5 Å². The maximum atomic E-state index is 12.3. The van der Waals surface area contributed by atoms with E-state index in [4.69, 9.17) is 72.1 Å². The van der Waals surface area contributed by atoms with Gasteiger partial charge in [0.05, 0.1) is 77.8 Å². The van der Waals surface area contributed by atoms with Crippen molar-refractivity contribution in [3.8, 4) is 0 Å². The molecule has 26 nitrogen and oxygen atoms in total. The summed E-state index contributed by atoms with van der Waals surface area (Å²) >= 11 is 0. The monoisotopic (exact) mass is 1370 g/mol. The number of phosphoric acid groups is 2. The summed E-state index contributed by atoms with van der Waals surface area (Å²) in [5.74, 6) is -2.24. The molecule has 0 aliphatic carbocycles. The number of phosphoric ester groups is 2. The van der Waals surface area contributed by atoms with Gasteiger partial charge in [0.1, 0.15) is 18.1 Å². The van der Waals surface area contributed by atoms with Gasteiger partial charge in [-0.2, -0.15) is 19.2 Å². The van der Waals surface area contributed by atoms with Crippen LogP contribution in [-0.2, 0) is 149 Å². The first-order valence-corrected chi connectivity index (χ1v) is 22.6. The second-order valence-electron chi connectivity index (χ2n) is 12.4. The molecule has 0 bridgehead atoms. The van der Waals surface area contributed by atoms with E-state index in [2.05, 4.69) is 23.8 Å². The number of rotatable bonds is 40. The van der Waals surface area contributed by atoms with E-state index in [1.165, 1.54) is 45.6 Å². The molecule has 69 heavy (non-hydrogen) atoms. The summed E-state index contributed by atoms with van der Waals surface area (Å²) in [4.78, 5) is 66.1. The van der Waals surface area contributed by atoms with Crippen molar-refractivity contribution < 1.29 is 185 Å². The molecular formula is C37H67N5O21P2UV3-4. The Balaban J connectivity index is -0.000000167. The van der Waals surface area contributed by atoms with Gasteiger partial charge < -0.3 is 75.3 Å². The van der Waals surface area contributed by atoms with Crippen molar-refractivity contribution in [3.05, 3.63) is 31.0 Å². The van der Waals surface area contributed by atoms with Crippen LogP contribution < -0.4 is 21.7 Å². The second kappa shape index (κ2) is 54.8. The number of nitrogens with one attached hydrogen (secondary N) is 4. The molecule has 399 valence electrons. The van der Waals surface area contributed by atoms with Crippen molar-refractivity contribution in [1.82, 2.24) is 16.0 Å². The molecule has 0 spiro atoms. The SMILES string of the molecule is C=CCOP(=O)(OCCN)OC[C@H](N[C-]=O)C(=O)OCC[C@@H](C)OC.C=CCOP(=O)(OCC[NH-])OC[C@H](N[C-]=O)C(=O)OCC[C@@H](C)OC.CO[C@H](C)CCOC(=O)[C@H](CO)N[C-]=O.[U].[V].[V].[V]. The Kier molecular flexibility index (Phi) is 65.3. The topological polar surface area (TPSA) is 353 Å². The number of aliphatic hydroxyl groups excluding tert-OH is 1. The molecular weight excluding hydrogens is 1300 g/mol. The summed E-state index contributed by atoms with van der Waals surface area (Å²) in [7, 11) is -3.34. The molecule has 3 radical (unpaired) electrons. The molecule has 0 fully saturated rings. The van der Waals surface area contributed by atoms with E-state index < -0.39 is 71.5 Å². The van der Waals surface area contributed by atoms with Crippen LogP contribution in [0.5, 0.6) is 0 Å². The molecule has 0 aromatic heterocycles. The first-order valence-electron chi connectivity index (χ1n) is 19.7. The quantitative estimate of drug-likeness (QED) is 0.0140. The van der Waals surface area contributed by atoms with Crippen molar-refractivity contribution in [2.75, 3.05) is 100 Å². The molecule has 32 heteroatoms. The number of hydrogen-bond donors (Lipinski definition) is 5. The number of hydrogen-bond acceptors (Lipinski definition) is 22. The standard InChI is InChI=1S/C14H26N2O8P.C14H25N2O8P.C9H16NO5.U.3V/c2*1-4-7-22-25(19,23-9-6-15)24-10-13(16-11-17)14(18)21-8-5-12(2)20-3;1-7(14-2)3-4-15-9(13)8(5-11)10-6-12;;;;/h4,12-13H,1,5-10,15H2,2-3H3,(H,16,17);4,12-13,15H,1,5-10H2,2-3H3,(H,16,17);7-8,11H,3-5H2,1-2H3,(H,10,12);;;;/q-1;-2;-1;;;;/t2*12-,13+,25?;7-,8+;;;;/m111..../s1. The Morgan fingerprint density at radius 1 is 0.609 bits per heavy atom. The van der Waals surface area contributed by atoms with E-state index in [0.29, 0.717) is 19.3 Å². The van der Waals surface area contributed by atoms with Gasteiger partial charge in [0.2, 0.25) is 0 Å². The van der Waals surface area contributed by atoms with Crippen LogP contribution in [0.15, 0.2) is 25.3 Å². The second-order valence-corrected chi connectivity index (χ2v) is 15.8. The van der Waals surface area contributed by atoms with Crippen LogP contribution in [0, 0.1) is 31.1 Å². The van der Waals surface area contributed by atoms with Crippen molar-refractivity contribution in [2.24, 2.45) is 5.73 Å². The molecule has 0 saturated heterocycles. The van der Waals surface area contributed by atoms with E-state index >= 15 is 0 Å². The summed E-state index contributed by atoms with van der Waals surface area (Å²) < 4.78 is 84.3. The zero-order valence-electron chi connectivity index (χ0n) is 39.6. The summed E-state index contributed by atoms with van der Waals surface area (Å²) in [6, 6.07) is -3.51. The van der Waals surface area contributed by atoms with Gasteiger partial charge in [0.25, 0.3) is 0 Å². The van der Waals surface area contributed by atoms with Gasteiger partial charge in [0.15, 0.2) is 0 Å². The Hall–Kier alpha value is -0.915. The minimum atomic E-state index is -4.00. The molecule has 0 aromatic rings. The summed E-state index contributed by atoms with van der Waals surface area (Å²) in [6.45, 7) is 10.6. The van der Waals surface area contributed by atoms with Crippen LogP contribution in [-0.4, -0.2) is 179 Å². The van der Waals surface area contributed by atoms with Gasteiger partial charge >= 0.3 is 33.6 Å². The number of amides is 3. The van der Waals surface area contributed by atoms with Gasteiger partial charge in [0, 0.05) is 141 Å².